The second-order valence-corrected chi connectivity index (χ2v) is 4.53. The molecule has 18 heavy (non-hydrogen) atoms. The molecule has 0 saturated heterocycles. The van der Waals surface area contributed by atoms with Gasteiger partial charge in [-0.15, -0.1) is 0 Å². The molecule has 0 radical (unpaired) electrons. The number of nitrogen functional groups attached to an aromatic ring is 1. The number of hydrogen-bond donors (Lipinski definition) is 1. The number of carbonyl (C=O) groups excluding carboxylic acids is 1. The standard InChI is InChI=1S/C15H23NO2/c1-2-3-4-5-11-18-15(17)10-9-13-7-6-8-14(16)12-13/h6-8,12H,2-5,9-11,16H2,1H3. The maximum absolute atomic E-state index is 11.5. The molecule has 0 spiro atoms. The van der Waals surface area contributed by atoms with Crippen LogP contribution in [0, 0.1) is 0 Å². The number of unbranched alkanes of at least 4 members (excludes halogenated alkanes) is 3. The number of esters is 1. The van der Waals surface area contributed by atoms with Gasteiger partial charge in [0.1, 0.15) is 0 Å². The van der Waals surface area contributed by atoms with E-state index in [-0.39, 0.29) is 5.97 Å². The molecule has 0 bridgehead atoms. The Kier molecular flexibility index (Phi) is 6.92. The molecule has 0 amide bonds. The maximum Gasteiger partial charge on any atom is 0.306 e. The summed E-state index contributed by atoms with van der Waals surface area (Å²) in [6.07, 6.45) is 5.64. The van der Waals surface area contributed by atoms with Crippen LogP contribution in [0.3, 0.4) is 0 Å². The SMILES string of the molecule is CCCCCCOC(=O)CCc1cccc(N)c1. The predicted octanol–water partition coefficient (Wildman–Crippen LogP) is 3.32. The number of benzene rings is 1. The van der Waals surface area contributed by atoms with Crippen LogP contribution in [-0.2, 0) is 16.0 Å². The van der Waals surface area contributed by atoms with E-state index in [0.717, 1.165) is 24.1 Å². The number of rotatable bonds is 8. The first kappa shape index (κ1) is 14.6. The van der Waals surface area contributed by atoms with Crippen LogP contribution in [-0.4, -0.2) is 12.6 Å². The Balaban J connectivity index is 2.13. The van der Waals surface area contributed by atoms with E-state index in [1.165, 1.54) is 12.8 Å². The van der Waals surface area contributed by atoms with Crippen LogP contribution >= 0.6 is 0 Å². The highest BCUT2D eigenvalue weighted by Crippen LogP contribution is 2.09. The van der Waals surface area contributed by atoms with Gasteiger partial charge >= 0.3 is 5.97 Å². The maximum atomic E-state index is 11.5. The number of hydrogen-bond acceptors (Lipinski definition) is 3. The van der Waals surface area contributed by atoms with Crippen molar-refractivity contribution in [1.29, 1.82) is 0 Å². The Morgan fingerprint density at radius 2 is 2.11 bits per heavy atom. The predicted molar refractivity (Wildman–Crippen MR) is 74.3 cm³/mol. The molecule has 3 heteroatoms. The molecule has 0 saturated carbocycles. The highest BCUT2D eigenvalue weighted by molar-refractivity contribution is 5.69. The lowest BCUT2D eigenvalue weighted by Gasteiger charge is -2.05. The average Bonchev–Trinajstić information content (AvgIpc) is 2.36. The fraction of sp³-hybridized carbons (Fsp3) is 0.533. The van der Waals surface area contributed by atoms with Crippen molar-refractivity contribution in [1.82, 2.24) is 0 Å². The van der Waals surface area contributed by atoms with Crippen molar-refractivity contribution in [3.05, 3.63) is 29.8 Å². The Hall–Kier alpha value is -1.51. The van der Waals surface area contributed by atoms with Crippen LogP contribution in [0.25, 0.3) is 0 Å². The molecule has 0 aliphatic rings. The molecular weight excluding hydrogens is 226 g/mol. The van der Waals surface area contributed by atoms with Gasteiger partial charge in [0.05, 0.1) is 6.61 Å². The van der Waals surface area contributed by atoms with E-state index in [0.29, 0.717) is 19.4 Å². The summed E-state index contributed by atoms with van der Waals surface area (Å²) in [5.41, 5.74) is 7.49. The van der Waals surface area contributed by atoms with Gasteiger partial charge in [-0.05, 0) is 30.5 Å². The molecule has 0 aliphatic heterocycles. The summed E-state index contributed by atoms with van der Waals surface area (Å²) >= 11 is 0. The number of aryl methyl sites for hydroxylation is 1. The largest absolute Gasteiger partial charge is 0.466 e. The Morgan fingerprint density at radius 1 is 1.28 bits per heavy atom. The first-order chi connectivity index (χ1) is 8.72. The second-order valence-electron chi connectivity index (χ2n) is 4.53. The van der Waals surface area contributed by atoms with Crippen molar-refractivity contribution in [2.24, 2.45) is 0 Å². The smallest absolute Gasteiger partial charge is 0.306 e. The quantitative estimate of drug-likeness (QED) is 0.437. The summed E-state index contributed by atoms with van der Waals surface area (Å²) in [7, 11) is 0. The van der Waals surface area contributed by atoms with Gasteiger partial charge in [-0.1, -0.05) is 38.3 Å². The number of ether oxygens (including phenoxy) is 1. The fourth-order valence-electron chi connectivity index (χ4n) is 1.78. The van der Waals surface area contributed by atoms with Crippen LogP contribution in [0.4, 0.5) is 5.69 Å². The molecule has 0 fully saturated rings. The van der Waals surface area contributed by atoms with E-state index < -0.39 is 0 Å². The van der Waals surface area contributed by atoms with Gasteiger partial charge < -0.3 is 10.5 Å². The summed E-state index contributed by atoms with van der Waals surface area (Å²) in [5.74, 6) is -0.117. The summed E-state index contributed by atoms with van der Waals surface area (Å²) in [6.45, 7) is 2.72. The highest BCUT2D eigenvalue weighted by atomic mass is 16.5. The van der Waals surface area contributed by atoms with E-state index in [1.807, 2.05) is 24.3 Å². The minimum absolute atomic E-state index is 0.117. The topological polar surface area (TPSA) is 52.3 Å². The zero-order valence-corrected chi connectivity index (χ0v) is 11.2. The van der Waals surface area contributed by atoms with Gasteiger partial charge in [0.15, 0.2) is 0 Å². The first-order valence-electron chi connectivity index (χ1n) is 6.72. The molecule has 3 nitrogen and oxygen atoms in total. The third kappa shape index (κ3) is 6.28. The van der Waals surface area contributed by atoms with Gasteiger partial charge in [-0.25, -0.2) is 0 Å². The number of nitrogens with two attached hydrogens (primary N) is 1. The van der Waals surface area contributed by atoms with Gasteiger partial charge in [0.25, 0.3) is 0 Å². The third-order valence-electron chi connectivity index (χ3n) is 2.83. The van der Waals surface area contributed by atoms with Gasteiger partial charge in [0, 0.05) is 12.1 Å². The molecule has 0 heterocycles. The molecule has 1 aromatic rings. The zero-order valence-electron chi connectivity index (χ0n) is 11.2. The lowest BCUT2D eigenvalue weighted by Crippen LogP contribution is -2.07. The highest BCUT2D eigenvalue weighted by Gasteiger charge is 2.03. The minimum Gasteiger partial charge on any atom is -0.466 e. The lowest BCUT2D eigenvalue weighted by molar-refractivity contribution is -0.143. The summed E-state index contributed by atoms with van der Waals surface area (Å²) in [6, 6.07) is 7.62. The third-order valence-corrected chi connectivity index (χ3v) is 2.83. The number of carbonyl (C=O) groups is 1. The first-order valence-corrected chi connectivity index (χ1v) is 6.72. The van der Waals surface area contributed by atoms with Crippen LogP contribution < -0.4 is 5.73 Å². The molecule has 1 rings (SSSR count). The van der Waals surface area contributed by atoms with Gasteiger partial charge in [-0.3, -0.25) is 4.79 Å². The van der Waals surface area contributed by atoms with E-state index in [1.54, 1.807) is 0 Å². The summed E-state index contributed by atoms with van der Waals surface area (Å²) < 4.78 is 5.17. The lowest BCUT2D eigenvalue weighted by atomic mass is 10.1. The van der Waals surface area contributed by atoms with Crippen LogP contribution in [0.2, 0.25) is 0 Å². The minimum atomic E-state index is -0.117. The fourth-order valence-corrected chi connectivity index (χ4v) is 1.78. The normalized spacial score (nSPS) is 10.3. The zero-order chi connectivity index (χ0) is 13.2. The number of anilines is 1. The van der Waals surface area contributed by atoms with E-state index in [9.17, 15) is 4.79 Å². The monoisotopic (exact) mass is 249 g/mol. The Labute approximate surface area is 109 Å². The molecule has 0 aromatic heterocycles. The average molecular weight is 249 g/mol. The van der Waals surface area contributed by atoms with Crippen LogP contribution in [0.15, 0.2) is 24.3 Å². The van der Waals surface area contributed by atoms with Crippen LogP contribution in [0.5, 0.6) is 0 Å². The van der Waals surface area contributed by atoms with Crippen molar-refractivity contribution >= 4 is 11.7 Å². The van der Waals surface area contributed by atoms with Crippen molar-refractivity contribution in [2.45, 2.75) is 45.4 Å². The molecule has 0 aliphatic carbocycles. The van der Waals surface area contributed by atoms with E-state index >= 15 is 0 Å². The van der Waals surface area contributed by atoms with Crippen molar-refractivity contribution in [2.75, 3.05) is 12.3 Å². The second kappa shape index (κ2) is 8.56. The molecule has 100 valence electrons. The van der Waals surface area contributed by atoms with Gasteiger partial charge in [0.2, 0.25) is 0 Å². The van der Waals surface area contributed by atoms with Crippen LogP contribution in [0.1, 0.15) is 44.6 Å². The molecule has 2 N–H and O–H groups in total. The van der Waals surface area contributed by atoms with Crippen molar-refractivity contribution in [3.63, 3.8) is 0 Å². The summed E-state index contributed by atoms with van der Waals surface area (Å²) in [4.78, 5) is 11.5. The van der Waals surface area contributed by atoms with Crippen molar-refractivity contribution < 1.29 is 9.53 Å². The molecular formula is C15H23NO2. The van der Waals surface area contributed by atoms with Crippen molar-refractivity contribution in [3.8, 4) is 0 Å². The van der Waals surface area contributed by atoms with Gasteiger partial charge in [-0.2, -0.15) is 0 Å². The van der Waals surface area contributed by atoms with E-state index in [2.05, 4.69) is 6.92 Å². The van der Waals surface area contributed by atoms with E-state index in [4.69, 9.17) is 10.5 Å². The molecule has 0 unspecified atom stereocenters. The molecule has 0 atom stereocenters. The Bertz CT molecular complexity index is 363. The Morgan fingerprint density at radius 3 is 2.83 bits per heavy atom. The molecule has 1 aromatic carbocycles. The summed E-state index contributed by atoms with van der Waals surface area (Å²) in [5, 5.41) is 0.